The highest BCUT2D eigenvalue weighted by atomic mass is 32.2. The number of carbonyl (C=O) groups excluding carboxylic acids is 10. The monoisotopic (exact) mass is 1090 g/mol. The molecule has 74 heavy (non-hydrogen) atoms. The summed E-state index contributed by atoms with van der Waals surface area (Å²) in [5, 5.41) is 31.6. The zero-order valence-electron chi connectivity index (χ0n) is 42.1. The number of thioether (sulfide) groups is 1. The summed E-state index contributed by atoms with van der Waals surface area (Å²) in [5.74, 6) is -10.1. The molecule has 29 heteroatoms. The first-order valence-electron chi connectivity index (χ1n) is 23.9. The number of rotatable bonds is 23. The lowest BCUT2D eigenvalue weighted by Gasteiger charge is -2.28. The summed E-state index contributed by atoms with van der Waals surface area (Å²) in [6.45, 7) is 5.90. The number of carboxylic acid groups (broad SMARTS) is 1. The Morgan fingerprint density at radius 2 is 1.45 bits per heavy atom. The van der Waals surface area contributed by atoms with Crippen LogP contribution < -0.4 is 63.8 Å². The predicted octanol–water partition coefficient (Wildman–Crippen LogP) is -2.95. The molecule has 1 aliphatic heterocycles. The van der Waals surface area contributed by atoms with E-state index in [1.165, 1.54) is 36.0 Å². The van der Waals surface area contributed by atoms with Crippen molar-refractivity contribution in [2.75, 3.05) is 31.6 Å². The van der Waals surface area contributed by atoms with Crippen molar-refractivity contribution < 1.29 is 76.7 Å². The van der Waals surface area contributed by atoms with E-state index in [2.05, 4.69) is 52.4 Å². The number of carboxylic acids is 1. The molecular formula is C45H72N11O16PS. The highest BCUT2D eigenvalue weighted by molar-refractivity contribution is 7.98. The average Bonchev–Trinajstić information content (AvgIpc) is 3.30. The van der Waals surface area contributed by atoms with Gasteiger partial charge in [-0.3, -0.25) is 62.5 Å². The van der Waals surface area contributed by atoms with E-state index in [9.17, 15) is 67.1 Å². The molecule has 2 rings (SSSR count). The number of phosphoric acid groups is 1. The molecule has 27 nitrogen and oxygen atoms in total. The maximum absolute atomic E-state index is 14.5. The summed E-state index contributed by atoms with van der Waals surface area (Å²) in [5.41, 5.74) is 11.6. The van der Waals surface area contributed by atoms with Gasteiger partial charge in [0.15, 0.2) is 0 Å². The van der Waals surface area contributed by atoms with E-state index in [0.29, 0.717) is 5.56 Å². The minimum Gasteiger partial charge on any atom is -0.481 e. The van der Waals surface area contributed by atoms with Gasteiger partial charge in [0.05, 0.1) is 25.6 Å². The molecule has 1 aromatic rings. The molecule has 0 saturated carbocycles. The number of carbonyl (C=O) groups is 11. The van der Waals surface area contributed by atoms with Gasteiger partial charge >= 0.3 is 13.8 Å². The summed E-state index contributed by atoms with van der Waals surface area (Å²) >= 11 is 1.29. The molecule has 16 N–H and O–H groups in total. The van der Waals surface area contributed by atoms with Crippen molar-refractivity contribution in [1.82, 2.24) is 47.9 Å². The maximum Gasteiger partial charge on any atom is 0.524 e. The van der Waals surface area contributed by atoms with Gasteiger partial charge in [0.1, 0.15) is 42.0 Å². The first kappa shape index (κ1) is 63.8. The van der Waals surface area contributed by atoms with Crippen molar-refractivity contribution in [2.45, 2.75) is 134 Å². The van der Waals surface area contributed by atoms with E-state index in [4.69, 9.17) is 16.6 Å². The van der Waals surface area contributed by atoms with Crippen LogP contribution in [0.2, 0.25) is 0 Å². The van der Waals surface area contributed by atoms with Gasteiger partial charge in [-0.25, -0.2) is 4.57 Å². The van der Waals surface area contributed by atoms with Gasteiger partial charge in [0.25, 0.3) is 0 Å². The number of hydrogen-bond acceptors (Lipinski definition) is 15. The van der Waals surface area contributed by atoms with Crippen LogP contribution in [-0.2, 0) is 63.7 Å². The van der Waals surface area contributed by atoms with Crippen molar-refractivity contribution in [3.63, 3.8) is 0 Å². The fourth-order valence-corrected chi connectivity index (χ4v) is 8.06. The van der Waals surface area contributed by atoms with Crippen LogP contribution in [0.5, 0.6) is 5.75 Å². The largest absolute Gasteiger partial charge is 0.524 e. The van der Waals surface area contributed by atoms with Gasteiger partial charge in [-0.2, -0.15) is 11.8 Å². The number of aliphatic carboxylic acids is 1. The molecule has 0 radical (unpaired) electrons. The van der Waals surface area contributed by atoms with Gasteiger partial charge in [0.2, 0.25) is 59.1 Å². The third kappa shape index (κ3) is 25.5. The van der Waals surface area contributed by atoms with E-state index in [0.717, 1.165) is 0 Å². The molecule has 414 valence electrons. The molecule has 10 amide bonds. The van der Waals surface area contributed by atoms with Gasteiger partial charge < -0.3 is 68.9 Å². The molecule has 1 aliphatic rings. The summed E-state index contributed by atoms with van der Waals surface area (Å²) in [6.07, 6.45) is 0.456. The first-order chi connectivity index (χ1) is 34.7. The number of amides is 10. The standard InChI is InChI=1S/C45H72N11O16PS/c1-24(2)18-31(39(47)62)54-45(68)34-21-35(57)49-22-36(58)48-16-7-6-8-29(52-43(66)32(19-25(3)4)51-37(59)23-50-40(63)28(46)13-14-38(60)61)41(64)55-33(44(67)53-30(15-17-74-5)42(65)56-34)20-26-9-11-27(12-10-26)72-73(69,70)71/h9-12,24-25,28-34H,6-8,13-23,46H2,1-5H3,(H2,47,62)(H,48,58)(H,49,57)(H,50,63)(H,51,59)(H,52,66)(H,53,67)(H,54,68)(H,55,64)(H,56,65)(H,60,61)(H2,69,70,71)/t28-,29-,30-,31-,32-,33-,34-/m0/s1. The van der Waals surface area contributed by atoms with Crippen molar-refractivity contribution >= 4 is 84.6 Å². The topological polar surface area (TPSA) is 435 Å². The third-order valence-corrected chi connectivity index (χ3v) is 12.1. The van der Waals surface area contributed by atoms with E-state index in [1.807, 2.05) is 0 Å². The third-order valence-electron chi connectivity index (χ3n) is 11.0. The van der Waals surface area contributed by atoms with Crippen LogP contribution >= 0.6 is 19.6 Å². The van der Waals surface area contributed by atoms with Crippen LogP contribution in [0.3, 0.4) is 0 Å². The molecule has 1 heterocycles. The fourth-order valence-electron chi connectivity index (χ4n) is 7.19. The molecule has 0 bridgehead atoms. The van der Waals surface area contributed by atoms with E-state index in [1.54, 1.807) is 34.0 Å². The second-order valence-corrected chi connectivity index (χ2v) is 20.5. The highest BCUT2D eigenvalue weighted by Crippen LogP contribution is 2.37. The van der Waals surface area contributed by atoms with Gasteiger partial charge in [0, 0.05) is 19.4 Å². The Balaban J connectivity index is 2.62. The van der Waals surface area contributed by atoms with Crippen LogP contribution in [0.25, 0.3) is 0 Å². The lowest BCUT2D eigenvalue weighted by atomic mass is 10.0. The maximum atomic E-state index is 14.5. The SMILES string of the molecule is CSCC[C@@H]1NC(=O)[C@H](Cc2ccc(OP(=O)(O)O)cc2)NC(=O)[C@@H](NC(=O)[C@H](CC(C)C)NC(=O)CNC(=O)[C@@H](N)CCC(=O)O)CCCCNC(=O)CNC(=O)C[C@@H](C(=O)N[C@@H](CC(C)C)C(N)=O)NC1=O. The summed E-state index contributed by atoms with van der Waals surface area (Å²) < 4.78 is 16.1. The smallest absolute Gasteiger partial charge is 0.481 e. The van der Waals surface area contributed by atoms with Crippen LogP contribution in [0, 0.1) is 11.8 Å². The second kappa shape index (κ2) is 32.1. The molecule has 0 aromatic heterocycles. The molecule has 0 spiro atoms. The van der Waals surface area contributed by atoms with Gasteiger partial charge in [-0.15, -0.1) is 0 Å². The van der Waals surface area contributed by atoms with Crippen LogP contribution in [0.15, 0.2) is 24.3 Å². The Kier molecular flexibility index (Phi) is 27.6. The molecule has 1 aromatic carbocycles. The molecule has 7 atom stereocenters. The van der Waals surface area contributed by atoms with Crippen molar-refractivity contribution in [3.8, 4) is 5.75 Å². The van der Waals surface area contributed by atoms with Crippen molar-refractivity contribution in [2.24, 2.45) is 23.3 Å². The van der Waals surface area contributed by atoms with Crippen molar-refractivity contribution in [1.29, 1.82) is 0 Å². The number of nitrogens with two attached hydrogens (primary N) is 2. The molecular weight excluding hydrogens is 1010 g/mol. The van der Waals surface area contributed by atoms with Crippen LogP contribution in [0.1, 0.15) is 91.0 Å². The average molecular weight is 1090 g/mol. The van der Waals surface area contributed by atoms with Crippen LogP contribution in [0.4, 0.5) is 0 Å². The van der Waals surface area contributed by atoms with Gasteiger partial charge in [-0.05, 0) is 86.5 Å². The number of benzene rings is 1. The first-order valence-corrected chi connectivity index (χ1v) is 26.8. The zero-order chi connectivity index (χ0) is 55.7. The van der Waals surface area contributed by atoms with E-state index < -0.39 is 141 Å². The Morgan fingerprint density at radius 1 is 0.824 bits per heavy atom. The van der Waals surface area contributed by atoms with E-state index >= 15 is 0 Å². The Labute approximate surface area is 432 Å². The predicted molar refractivity (Wildman–Crippen MR) is 268 cm³/mol. The molecule has 1 saturated heterocycles. The summed E-state index contributed by atoms with van der Waals surface area (Å²) in [6, 6.07) is -4.69. The number of hydrogen-bond donors (Lipinski definition) is 14. The Hall–Kier alpha value is -6.35. The van der Waals surface area contributed by atoms with E-state index in [-0.39, 0.29) is 81.2 Å². The zero-order valence-corrected chi connectivity index (χ0v) is 43.8. The second-order valence-electron chi connectivity index (χ2n) is 18.4. The number of nitrogens with one attached hydrogen (secondary N) is 9. The lowest BCUT2D eigenvalue weighted by molar-refractivity contribution is -0.137. The fraction of sp³-hybridized carbons (Fsp3) is 0.622. The lowest BCUT2D eigenvalue weighted by Crippen LogP contribution is -2.60. The Morgan fingerprint density at radius 3 is 2.04 bits per heavy atom. The molecule has 0 aliphatic carbocycles. The van der Waals surface area contributed by atoms with Crippen molar-refractivity contribution in [3.05, 3.63) is 29.8 Å². The summed E-state index contributed by atoms with van der Waals surface area (Å²) in [7, 11) is -4.96. The normalized spacial score (nSPS) is 19.9. The number of phosphoric ester groups is 1. The minimum atomic E-state index is -4.96. The Bertz CT molecular complexity index is 2180. The number of primary amides is 1. The summed E-state index contributed by atoms with van der Waals surface area (Å²) in [4.78, 5) is 164. The highest BCUT2D eigenvalue weighted by Gasteiger charge is 2.35. The molecule has 0 unspecified atom stereocenters. The minimum absolute atomic E-state index is 0.0182. The van der Waals surface area contributed by atoms with Gasteiger partial charge in [-0.1, -0.05) is 39.8 Å². The quantitative estimate of drug-likeness (QED) is 0.0487. The molecule has 1 fully saturated rings. The van der Waals surface area contributed by atoms with Crippen LogP contribution in [-0.4, -0.2) is 154 Å².